The normalized spacial score (nSPS) is 21.1. The molecule has 0 radical (unpaired) electrons. The topological polar surface area (TPSA) is 29.1 Å². The summed E-state index contributed by atoms with van der Waals surface area (Å²) in [5.41, 5.74) is 0. The third-order valence-corrected chi connectivity index (χ3v) is 2.98. The van der Waals surface area contributed by atoms with E-state index < -0.39 is 0 Å². The predicted molar refractivity (Wildman–Crippen MR) is 54.5 cm³/mol. The Morgan fingerprint density at radius 1 is 1.38 bits per heavy atom. The van der Waals surface area contributed by atoms with Gasteiger partial charge in [0.2, 0.25) is 5.91 Å². The van der Waals surface area contributed by atoms with Crippen LogP contribution in [0.5, 0.6) is 0 Å². The second-order valence-electron chi connectivity index (χ2n) is 4.15. The molecule has 0 aromatic heterocycles. The fourth-order valence-corrected chi connectivity index (χ4v) is 1.83. The van der Waals surface area contributed by atoms with E-state index in [4.69, 9.17) is 0 Å². The summed E-state index contributed by atoms with van der Waals surface area (Å²) in [5, 5.41) is 3.06. The van der Waals surface area contributed by atoms with E-state index in [1.807, 2.05) is 0 Å². The highest BCUT2D eigenvalue weighted by Crippen LogP contribution is 2.23. The van der Waals surface area contributed by atoms with Gasteiger partial charge < -0.3 is 5.32 Å². The fraction of sp³-hybridized carbons (Fsp3) is 0.909. The molecule has 76 valence electrons. The minimum atomic E-state index is 0.286. The fourth-order valence-electron chi connectivity index (χ4n) is 1.83. The van der Waals surface area contributed by atoms with Crippen LogP contribution >= 0.6 is 0 Å². The molecule has 1 amide bonds. The second kappa shape index (κ2) is 5.25. The van der Waals surface area contributed by atoms with E-state index in [0.29, 0.717) is 12.0 Å². The van der Waals surface area contributed by atoms with Crippen molar-refractivity contribution in [3.63, 3.8) is 0 Å². The van der Waals surface area contributed by atoms with Crippen LogP contribution in [0, 0.1) is 5.92 Å². The van der Waals surface area contributed by atoms with Crippen LogP contribution in [0.2, 0.25) is 0 Å². The number of carbonyl (C=O) groups is 1. The van der Waals surface area contributed by atoms with E-state index in [1.54, 1.807) is 0 Å². The zero-order valence-electron chi connectivity index (χ0n) is 8.81. The summed E-state index contributed by atoms with van der Waals surface area (Å²) >= 11 is 0. The molecule has 2 nitrogen and oxygen atoms in total. The van der Waals surface area contributed by atoms with Crippen LogP contribution in [-0.4, -0.2) is 11.9 Å². The molecule has 0 heterocycles. The molecule has 0 aliphatic heterocycles. The maximum atomic E-state index is 11.7. The number of hydrogen-bond acceptors (Lipinski definition) is 1. The lowest BCUT2D eigenvalue weighted by molar-refractivity contribution is -0.126. The van der Waals surface area contributed by atoms with Gasteiger partial charge >= 0.3 is 0 Å². The molecule has 0 bridgehead atoms. The summed E-state index contributed by atoms with van der Waals surface area (Å²) in [6.45, 7) is 4.17. The van der Waals surface area contributed by atoms with E-state index in [2.05, 4.69) is 19.2 Å². The van der Waals surface area contributed by atoms with Crippen molar-refractivity contribution in [1.29, 1.82) is 0 Å². The smallest absolute Gasteiger partial charge is 0.223 e. The van der Waals surface area contributed by atoms with Crippen molar-refractivity contribution >= 4 is 5.91 Å². The summed E-state index contributed by atoms with van der Waals surface area (Å²) in [6.07, 6.45) is 7.01. The van der Waals surface area contributed by atoms with Gasteiger partial charge in [0, 0.05) is 12.0 Å². The van der Waals surface area contributed by atoms with Gasteiger partial charge in [-0.1, -0.05) is 26.2 Å². The third kappa shape index (κ3) is 3.37. The van der Waals surface area contributed by atoms with Crippen molar-refractivity contribution in [2.45, 2.75) is 58.4 Å². The maximum Gasteiger partial charge on any atom is 0.223 e. The minimum Gasteiger partial charge on any atom is -0.353 e. The molecule has 1 fully saturated rings. The van der Waals surface area contributed by atoms with Gasteiger partial charge in [-0.05, 0) is 26.2 Å². The average molecular weight is 183 g/mol. The molecule has 1 saturated carbocycles. The number of hydrogen-bond donors (Lipinski definition) is 1. The Labute approximate surface area is 81.1 Å². The molecule has 2 heteroatoms. The van der Waals surface area contributed by atoms with Crippen molar-refractivity contribution in [2.24, 2.45) is 5.92 Å². The average Bonchev–Trinajstić information content (AvgIpc) is 2.19. The Bertz CT molecular complexity index is 161. The third-order valence-electron chi connectivity index (χ3n) is 2.98. The van der Waals surface area contributed by atoms with Crippen molar-refractivity contribution in [2.75, 3.05) is 0 Å². The first-order chi connectivity index (χ1) is 6.24. The lowest BCUT2D eigenvalue weighted by Crippen LogP contribution is -2.37. The van der Waals surface area contributed by atoms with Gasteiger partial charge in [-0.2, -0.15) is 0 Å². The van der Waals surface area contributed by atoms with Crippen molar-refractivity contribution in [1.82, 2.24) is 5.32 Å². The maximum absolute atomic E-state index is 11.7. The Balaban J connectivity index is 2.29. The summed E-state index contributed by atoms with van der Waals surface area (Å²) in [7, 11) is 0. The van der Waals surface area contributed by atoms with E-state index in [9.17, 15) is 4.79 Å². The van der Waals surface area contributed by atoms with Crippen LogP contribution in [-0.2, 0) is 4.79 Å². The first-order valence-corrected chi connectivity index (χ1v) is 5.54. The zero-order chi connectivity index (χ0) is 9.68. The van der Waals surface area contributed by atoms with Gasteiger partial charge in [-0.3, -0.25) is 4.79 Å². The first kappa shape index (κ1) is 10.6. The van der Waals surface area contributed by atoms with E-state index in [1.165, 1.54) is 19.3 Å². The Morgan fingerprint density at radius 3 is 2.54 bits per heavy atom. The molecule has 0 aromatic rings. The molecule has 1 aliphatic rings. The Morgan fingerprint density at radius 2 is 2.00 bits per heavy atom. The Kier molecular flexibility index (Phi) is 4.26. The molecular weight excluding hydrogens is 162 g/mol. The zero-order valence-corrected chi connectivity index (χ0v) is 8.81. The molecule has 0 saturated heterocycles. The monoisotopic (exact) mass is 183 g/mol. The molecule has 13 heavy (non-hydrogen) atoms. The van der Waals surface area contributed by atoms with Crippen molar-refractivity contribution in [3.05, 3.63) is 0 Å². The van der Waals surface area contributed by atoms with Gasteiger partial charge in [0.15, 0.2) is 0 Å². The molecule has 0 aromatic carbocycles. The van der Waals surface area contributed by atoms with Crippen LogP contribution in [0.3, 0.4) is 0 Å². The van der Waals surface area contributed by atoms with Gasteiger partial charge in [-0.15, -0.1) is 0 Å². The highest BCUT2D eigenvalue weighted by Gasteiger charge is 2.21. The van der Waals surface area contributed by atoms with Crippen molar-refractivity contribution in [3.8, 4) is 0 Å². The first-order valence-electron chi connectivity index (χ1n) is 5.54. The molecule has 0 spiro atoms. The number of nitrogens with one attached hydrogen (secondary N) is 1. The lowest BCUT2D eigenvalue weighted by atomic mass is 9.88. The van der Waals surface area contributed by atoms with E-state index in [-0.39, 0.29) is 5.91 Å². The SMILES string of the molecule is CC[C@H](C)NC(=O)C1CCCCC1. The summed E-state index contributed by atoms with van der Waals surface area (Å²) in [4.78, 5) is 11.7. The number of carbonyl (C=O) groups excluding carboxylic acids is 1. The molecule has 1 rings (SSSR count). The molecular formula is C11H21NO. The highest BCUT2D eigenvalue weighted by atomic mass is 16.1. The summed E-state index contributed by atoms with van der Waals surface area (Å²) in [6, 6.07) is 0.342. The molecule has 1 aliphatic carbocycles. The quantitative estimate of drug-likeness (QED) is 0.715. The summed E-state index contributed by atoms with van der Waals surface area (Å²) in [5.74, 6) is 0.594. The van der Waals surface area contributed by atoms with Crippen LogP contribution in [0.25, 0.3) is 0 Å². The second-order valence-corrected chi connectivity index (χ2v) is 4.15. The van der Waals surface area contributed by atoms with Gasteiger partial charge in [0.05, 0.1) is 0 Å². The molecule has 1 atom stereocenters. The number of rotatable bonds is 3. The van der Waals surface area contributed by atoms with Gasteiger partial charge in [0.25, 0.3) is 0 Å². The largest absolute Gasteiger partial charge is 0.353 e. The predicted octanol–water partition coefficient (Wildman–Crippen LogP) is 2.48. The highest BCUT2D eigenvalue weighted by molar-refractivity contribution is 5.78. The van der Waals surface area contributed by atoms with Crippen LogP contribution in [0.15, 0.2) is 0 Å². The standard InChI is InChI=1S/C11H21NO/c1-3-9(2)12-11(13)10-7-5-4-6-8-10/h9-10H,3-8H2,1-2H3,(H,12,13)/t9-/m0/s1. The van der Waals surface area contributed by atoms with Crippen LogP contribution < -0.4 is 5.32 Å². The van der Waals surface area contributed by atoms with E-state index >= 15 is 0 Å². The Hall–Kier alpha value is -0.530. The number of amides is 1. The van der Waals surface area contributed by atoms with Crippen molar-refractivity contribution < 1.29 is 4.79 Å². The molecule has 1 N–H and O–H groups in total. The minimum absolute atomic E-state index is 0.286. The van der Waals surface area contributed by atoms with Gasteiger partial charge in [-0.25, -0.2) is 0 Å². The van der Waals surface area contributed by atoms with Crippen LogP contribution in [0.1, 0.15) is 52.4 Å². The molecule has 0 unspecified atom stereocenters. The summed E-state index contributed by atoms with van der Waals surface area (Å²) < 4.78 is 0. The van der Waals surface area contributed by atoms with Crippen LogP contribution in [0.4, 0.5) is 0 Å². The van der Waals surface area contributed by atoms with Gasteiger partial charge in [0.1, 0.15) is 0 Å². The van der Waals surface area contributed by atoms with E-state index in [0.717, 1.165) is 19.3 Å². The lowest BCUT2D eigenvalue weighted by Gasteiger charge is -2.22.